The molecule has 0 aliphatic carbocycles. The van der Waals surface area contributed by atoms with Gasteiger partial charge in [-0.05, 0) is 12.1 Å². The zero-order valence-electron chi connectivity index (χ0n) is 13.1. The van der Waals surface area contributed by atoms with Crippen molar-refractivity contribution in [3.8, 4) is 11.4 Å². The number of nitrogens with zero attached hydrogens (tertiary/aromatic N) is 6. The minimum Gasteiger partial charge on any atom is -0.337 e. The quantitative estimate of drug-likeness (QED) is 0.739. The van der Waals surface area contributed by atoms with Gasteiger partial charge >= 0.3 is 0 Å². The molecule has 0 saturated heterocycles. The minimum absolute atomic E-state index is 0.784. The average Bonchev–Trinajstić information content (AvgIpc) is 3.00. The van der Waals surface area contributed by atoms with Gasteiger partial charge in [-0.25, -0.2) is 15.0 Å². The summed E-state index contributed by atoms with van der Waals surface area (Å²) >= 11 is 0. The summed E-state index contributed by atoms with van der Waals surface area (Å²) in [6.07, 6.45) is 10.2. The molecule has 0 fully saturated rings. The van der Waals surface area contributed by atoms with E-state index in [0.717, 1.165) is 43.1 Å². The maximum absolute atomic E-state index is 4.75. The van der Waals surface area contributed by atoms with Crippen LogP contribution in [0.25, 0.3) is 11.4 Å². The first kappa shape index (κ1) is 14.0. The highest BCUT2D eigenvalue weighted by molar-refractivity contribution is 5.54. The molecule has 1 aliphatic rings. The van der Waals surface area contributed by atoms with Gasteiger partial charge in [-0.15, -0.1) is 0 Å². The normalized spacial score (nSPS) is 14.7. The van der Waals surface area contributed by atoms with Crippen LogP contribution in [0.3, 0.4) is 0 Å². The molecule has 1 aliphatic heterocycles. The first-order valence-electron chi connectivity index (χ1n) is 7.72. The Balaban J connectivity index is 1.53. The third-order valence-electron chi connectivity index (χ3n) is 4.25. The number of rotatable bonds is 3. The van der Waals surface area contributed by atoms with Gasteiger partial charge in [-0.2, -0.15) is 0 Å². The van der Waals surface area contributed by atoms with Gasteiger partial charge < -0.3 is 4.57 Å². The highest BCUT2D eigenvalue weighted by Crippen LogP contribution is 2.21. The van der Waals surface area contributed by atoms with E-state index in [2.05, 4.69) is 24.4 Å². The van der Waals surface area contributed by atoms with Gasteiger partial charge in [0, 0.05) is 69.0 Å². The lowest BCUT2D eigenvalue weighted by Gasteiger charge is -2.28. The first-order valence-corrected chi connectivity index (χ1v) is 7.72. The van der Waals surface area contributed by atoms with Crippen LogP contribution in [0.15, 0.2) is 43.2 Å². The van der Waals surface area contributed by atoms with Crippen molar-refractivity contribution in [2.24, 2.45) is 7.05 Å². The lowest BCUT2D eigenvalue weighted by molar-refractivity contribution is 0.238. The van der Waals surface area contributed by atoms with Crippen LogP contribution in [0.4, 0.5) is 0 Å². The Morgan fingerprint density at radius 2 is 2.00 bits per heavy atom. The van der Waals surface area contributed by atoms with Crippen molar-refractivity contribution in [3.63, 3.8) is 0 Å². The van der Waals surface area contributed by atoms with Crippen LogP contribution in [0.1, 0.15) is 17.0 Å². The van der Waals surface area contributed by atoms with Crippen LogP contribution in [-0.4, -0.2) is 35.9 Å². The summed E-state index contributed by atoms with van der Waals surface area (Å²) < 4.78 is 2.07. The molecule has 3 aromatic rings. The molecule has 6 nitrogen and oxygen atoms in total. The summed E-state index contributed by atoms with van der Waals surface area (Å²) in [6.45, 7) is 2.80. The lowest BCUT2D eigenvalue weighted by atomic mass is 10.1. The molecule has 0 radical (unpaired) electrons. The molecule has 3 aromatic heterocycles. The van der Waals surface area contributed by atoms with E-state index in [1.54, 1.807) is 12.4 Å². The van der Waals surface area contributed by atoms with Gasteiger partial charge in [-0.3, -0.25) is 9.88 Å². The van der Waals surface area contributed by atoms with Gasteiger partial charge in [0.05, 0.1) is 17.7 Å². The zero-order valence-corrected chi connectivity index (χ0v) is 13.1. The summed E-state index contributed by atoms with van der Waals surface area (Å²) in [6, 6.07) is 3.89. The molecule has 0 unspecified atom stereocenters. The Hall–Kier alpha value is -2.60. The molecule has 0 saturated carbocycles. The van der Waals surface area contributed by atoms with Gasteiger partial charge in [0.1, 0.15) is 0 Å². The largest absolute Gasteiger partial charge is 0.337 e. The molecule has 0 amide bonds. The van der Waals surface area contributed by atoms with E-state index in [1.165, 1.54) is 11.3 Å². The summed E-state index contributed by atoms with van der Waals surface area (Å²) in [7, 11) is 2.03. The number of pyridine rings is 1. The van der Waals surface area contributed by atoms with E-state index >= 15 is 0 Å². The van der Waals surface area contributed by atoms with Crippen LogP contribution in [-0.2, 0) is 26.6 Å². The Labute approximate surface area is 134 Å². The van der Waals surface area contributed by atoms with E-state index < -0.39 is 0 Å². The maximum Gasteiger partial charge on any atom is 0.159 e. The summed E-state index contributed by atoms with van der Waals surface area (Å²) in [4.78, 5) is 19.9. The Kier molecular flexibility index (Phi) is 3.59. The van der Waals surface area contributed by atoms with Crippen molar-refractivity contribution < 1.29 is 0 Å². The number of aryl methyl sites for hydroxylation is 1. The highest BCUT2D eigenvalue weighted by atomic mass is 15.2. The van der Waals surface area contributed by atoms with Crippen molar-refractivity contribution in [1.29, 1.82) is 0 Å². The number of imidazole rings is 1. The van der Waals surface area contributed by atoms with Crippen LogP contribution in [0, 0.1) is 0 Å². The molecule has 4 rings (SSSR count). The molecule has 0 aromatic carbocycles. The van der Waals surface area contributed by atoms with E-state index in [1.807, 2.05) is 37.9 Å². The predicted molar refractivity (Wildman–Crippen MR) is 86.3 cm³/mol. The second kappa shape index (κ2) is 5.89. The van der Waals surface area contributed by atoms with Crippen LogP contribution < -0.4 is 0 Å². The lowest BCUT2D eigenvalue weighted by Crippen LogP contribution is -2.31. The second-order valence-corrected chi connectivity index (χ2v) is 5.86. The standard InChI is InChI=1S/C17H18N6/c1-22-12-19-9-15(22)11-23-7-4-16-14(10-23)8-20-17(21-16)13-2-5-18-6-3-13/h2-3,5-6,8-9,12H,4,7,10-11H2,1H3. The van der Waals surface area contributed by atoms with Crippen molar-refractivity contribution in [1.82, 2.24) is 29.4 Å². The predicted octanol–water partition coefficient (Wildman–Crippen LogP) is 1.83. The molecule has 0 bridgehead atoms. The van der Waals surface area contributed by atoms with Gasteiger partial charge in [-0.1, -0.05) is 0 Å². The van der Waals surface area contributed by atoms with E-state index in [9.17, 15) is 0 Å². The molecule has 6 heteroatoms. The van der Waals surface area contributed by atoms with Crippen molar-refractivity contribution in [2.45, 2.75) is 19.5 Å². The molecular formula is C17H18N6. The SMILES string of the molecule is Cn1cncc1CN1CCc2nc(-c3ccncc3)ncc2C1. The second-order valence-electron chi connectivity index (χ2n) is 5.86. The monoisotopic (exact) mass is 306 g/mol. The molecule has 23 heavy (non-hydrogen) atoms. The molecular weight excluding hydrogens is 288 g/mol. The summed E-state index contributed by atoms with van der Waals surface area (Å²) in [5, 5.41) is 0. The van der Waals surface area contributed by atoms with E-state index in [0.29, 0.717) is 0 Å². The Morgan fingerprint density at radius 1 is 1.13 bits per heavy atom. The highest BCUT2D eigenvalue weighted by Gasteiger charge is 2.19. The zero-order chi connectivity index (χ0) is 15.6. The summed E-state index contributed by atoms with van der Waals surface area (Å²) in [5.41, 5.74) is 4.62. The van der Waals surface area contributed by atoms with Gasteiger partial charge in [0.2, 0.25) is 0 Å². The van der Waals surface area contributed by atoms with Gasteiger partial charge in [0.15, 0.2) is 5.82 Å². The fraction of sp³-hybridized carbons (Fsp3) is 0.294. The topological polar surface area (TPSA) is 59.7 Å². The van der Waals surface area contributed by atoms with Crippen LogP contribution >= 0.6 is 0 Å². The number of hydrogen-bond acceptors (Lipinski definition) is 5. The fourth-order valence-electron chi connectivity index (χ4n) is 2.92. The Morgan fingerprint density at radius 3 is 2.78 bits per heavy atom. The third kappa shape index (κ3) is 2.85. The van der Waals surface area contributed by atoms with Crippen molar-refractivity contribution in [2.75, 3.05) is 6.54 Å². The van der Waals surface area contributed by atoms with Crippen LogP contribution in [0.5, 0.6) is 0 Å². The number of hydrogen-bond donors (Lipinski definition) is 0. The average molecular weight is 306 g/mol. The van der Waals surface area contributed by atoms with E-state index in [4.69, 9.17) is 4.98 Å². The molecule has 4 heterocycles. The van der Waals surface area contributed by atoms with Crippen molar-refractivity contribution in [3.05, 3.63) is 60.2 Å². The maximum atomic E-state index is 4.75. The molecule has 0 atom stereocenters. The van der Waals surface area contributed by atoms with Crippen molar-refractivity contribution >= 4 is 0 Å². The summed E-state index contributed by atoms with van der Waals surface area (Å²) in [5.74, 6) is 0.784. The fourth-order valence-corrected chi connectivity index (χ4v) is 2.92. The number of fused-ring (bicyclic) bond motifs is 1. The minimum atomic E-state index is 0.784. The molecule has 0 spiro atoms. The first-order chi connectivity index (χ1) is 11.3. The Bertz CT molecular complexity index is 811. The van der Waals surface area contributed by atoms with Gasteiger partial charge in [0.25, 0.3) is 0 Å². The molecule has 116 valence electrons. The third-order valence-corrected chi connectivity index (χ3v) is 4.25. The number of aromatic nitrogens is 5. The molecule has 0 N–H and O–H groups in total. The smallest absolute Gasteiger partial charge is 0.159 e. The van der Waals surface area contributed by atoms with Crippen LogP contribution in [0.2, 0.25) is 0 Å². The van der Waals surface area contributed by atoms with E-state index in [-0.39, 0.29) is 0 Å².